The predicted molar refractivity (Wildman–Crippen MR) is 231 cm³/mol. The van der Waals surface area contributed by atoms with Crippen LogP contribution in [0.4, 0.5) is 34.1 Å². The van der Waals surface area contributed by atoms with Gasteiger partial charge in [-0.1, -0.05) is 127 Å². The van der Waals surface area contributed by atoms with Crippen molar-refractivity contribution in [2.75, 3.05) is 16.9 Å². The molecular formula is C49H42BN3O. The van der Waals surface area contributed by atoms with Crippen LogP contribution in [0.2, 0.25) is 0 Å². The summed E-state index contributed by atoms with van der Waals surface area (Å²) in [6.45, 7) is 1.70. The molecule has 0 fully saturated rings. The van der Waals surface area contributed by atoms with Crippen LogP contribution in [0.5, 0.6) is 5.75 Å². The van der Waals surface area contributed by atoms with Gasteiger partial charge in [0.25, 0.3) is 0 Å². The number of ether oxygens (including phenoxy) is 1. The maximum absolute atomic E-state index is 5.83. The largest absolute Gasteiger partial charge is 0.496 e. The molecule has 0 aliphatic carbocycles. The normalized spacial score (nSPS) is 11.5. The van der Waals surface area contributed by atoms with E-state index in [-0.39, 0.29) is 6.85 Å². The van der Waals surface area contributed by atoms with Gasteiger partial charge in [-0.3, -0.25) is 0 Å². The third-order valence-corrected chi connectivity index (χ3v) is 9.20. The molecule has 0 N–H and O–H groups in total. The minimum atomic E-state index is -0.313. The van der Waals surface area contributed by atoms with Gasteiger partial charge in [0.2, 0.25) is 0 Å². The number of nitrogens with zero attached hydrogens (tertiary/aromatic N) is 3. The minimum Gasteiger partial charge on any atom is -0.496 e. The second-order valence-electron chi connectivity index (χ2n) is 12.7. The van der Waals surface area contributed by atoms with Crippen LogP contribution in [0, 0.1) is 0 Å². The van der Waals surface area contributed by atoms with E-state index in [4.69, 9.17) is 9.64 Å². The molecule has 0 heterocycles. The molecular weight excluding hydrogens is 657 g/mol. The van der Waals surface area contributed by atoms with Crippen molar-refractivity contribution in [3.8, 4) is 5.75 Å². The van der Waals surface area contributed by atoms with Crippen LogP contribution in [0.15, 0.2) is 223 Å². The summed E-state index contributed by atoms with van der Waals surface area (Å²) in [5, 5.41) is 0. The third kappa shape index (κ3) is 8.27. The molecule has 0 aliphatic heterocycles. The van der Waals surface area contributed by atoms with Gasteiger partial charge in [0, 0.05) is 39.7 Å². The van der Waals surface area contributed by atoms with E-state index in [0.717, 1.165) is 62.1 Å². The molecule has 7 aromatic carbocycles. The van der Waals surface area contributed by atoms with Crippen LogP contribution in [-0.4, -0.2) is 19.7 Å². The first kappa shape index (κ1) is 35.6. The monoisotopic (exact) mass is 699 g/mol. The lowest BCUT2D eigenvalue weighted by molar-refractivity contribution is 0.414. The molecule has 0 aliphatic rings. The molecule has 5 heteroatoms. The molecule has 0 amide bonds. The van der Waals surface area contributed by atoms with Gasteiger partial charge in [0.15, 0.2) is 0 Å². The summed E-state index contributed by atoms with van der Waals surface area (Å²) in [4.78, 5) is 10.1. The van der Waals surface area contributed by atoms with E-state index in [0.29, 0.717) is 0 Å². The van der Waals surface area contributed by atoms with Gasteiger partial charge in [-0.15, -0.1) is 0 Å². The highest BCUT2D eigenvalue weighted by molar-refractivity contribution is 6.84. The quantitative estimate of drug-likeness (QED) is 0.0681. The molecule has 0 spiro atoms. The molecule has 0 bridgehead atoms. The molecule has 4 nitrogen and oxygen atoms in total. The van der Waals surface area contributed by atoms with E-state index in [9.17, 15) is 0 Å². The van der Waals surface area contributed by atoms with Crippen LogP contribution in [0.3, 0.4) is 0 Å². The van der Waals surface area contributed by atoms with Crippen molar-refractivity contribution in [2.45, 2.75) is 6.92 Å². The third-order valence-electron chi connectivity index (χ3n) is 9.20. The van der Waals surface area contributed by atoms with Crippen molar-refractivity contribution in [3.05, 3.63) is 224 Å². The lowest BCUT2D eigenvalue weighted by Crippen LogP contribution is -2.41. The standard InChI is InChI=1S/C49H42BN3O/c1-3-4-9-29-48(47-28-18-19-30-49(47)54-2)51-50(39-31-35-45(36-32-39)52(41-20-10-5-11-21-41)42-22-12-6-13-23-42)40-33-37-46(38-34-40)53(43-24-14-7-15-25-43)44-26-16-8-17-27-44/h3-38H,1-2H3/b4-3-,29-9-,51-48?. The summed E-state index contributed by atoms with van der Waals surface area (Å²) in [5.74, 6) is 0.772. The smallest absolute Gasteiger partial charge is 0.345 e. The zero-order valence-electron chi connectivity index (χ0n) is 30.6. The maximum Gasteiger partial charge on any atom is 0.345 e. The topological polar surface area (TPSA) is 28.1 Å². The Kier molecular flexibility index (Phi) is 11.6. The minimum absolute atomic E-state index is 0.313. The maximum atomic E-state index is 5.83. The molecule has 262 valence electrons. The Bertz CT molecular complexity index is 2100. The fourth-order valence-corrected chi connectivity index (χ4v) is 6.61. The number of benzene rings is 7. The van der Waals surface area contributed by atoms with Gasteiger partial charge in [-0.2, -0.15) is 0 Å². The Labute approximate surface area is 319 Å². The number of allylic oxidation sites excluding steroid dienone is 4. The molecule has 0 radical (unpaired) electrons. The summed E-state index contributed by atoms with van der Waals surface area (Å²) in [5.41, 5.74) is 10.4. The molecule has 0 unspecified atom stereocenters. The Morgan fingerprint density at radius 3 is 1.22 bits per heavy atom. The molecule has 0 saturated heterocycles. The second-order valence-corrected chi connectivity index (χ2v) is 12.7. The number of anilines is 6. The summed E-state index contributed by atoms with van der Waals surface area (Å²) < 4.78 is 5.83. The number of para-hydroxylation sites is 5. The predicted octanol–water partition coefficient (Wildman–Crippen LogP) is 11.4. The van der Waals surface area contributed by atoms with E-state index < -0.39 is 0 Å². The number of hydrogen-bond acceptors (Lipinski definition) is 4. The Morgan fingerprint density at radius 1 is 0.463 bits per heavy atom. The van der Waals surface area contributed by atoms with Crippen LogP contribution in [-0.2, 0) is 0 Å². The van der Waals surface area contributed by atoms with Gasteiger partial charge in [0.05, 0.1) is 12.8 Å². The van der Waals surface area contributed by atoms with Crippen LogP contribution in [0.1, 0.15) is 12.5 Å². The highest BCUT2D eigenvalue weighted by Gasteiger charge is 2.23. The van der Waals surface area contributed by atoms with E-state index in [1.54, 1.807) is 7.11 Å². The fraction of sp³-hybridized carbons (Fsp3) is 0.0408. The summed E-state index contributed by atoms with van der Waals surface area (Å²) >= 11 is 0. The molecule has 7 rings (SSSR count). The first-order valence-corrected chi connectivity index (χ1v) is 18.2. The summed E-state index contributed by atoms with van der Waals surface area (Å²) in [6, 6.07) is 67.5. The molecule has 54 heavy (non-hydrogen) atoms. The summed E-state index contributed by atoms with van der Waals surface area (Å²) in [7, 11) is 1.71. The average molecular weight is 700 g/mol. The van der Waals surface area contributed by atoms with Crippen molar-refractivity contribution in [1.82, 2.24) is 0 Å². The van der Waals surface area contributed by atoms with E-state index in [1.165, 1.54) is 0 Å². The number of hydrogen-bond donors (Lipinski definition) is 0. The van der Waals surface area contributed by atoms with Crippen molar-refractivity contribution in [1.29, 1.82) is 0 Å². The Hall–Kier alpha value is -6.85. The first-order valence-electron chi connectivity index (χ1n) is 18.2. The molecule has 0 aromatic heterocycles. The van der Waals surface area contributed by atoms with E-state index >= 15 is 0 Å². The SMILES string of the molecule is C/C=C\C=C/C(=NB(c1ccc(N(c2ccccc2)c2ccccc2)cc1)c1ccc(N(c2ccccc2)c2ccccc2)cc1)c1ccccc1OC. The van der Waals surface area contributed by atoms with Crippen LogP contribution >= 0.6 is 0 Å². The van der Waals surface area contributed by atoms with E-state index in [2.05, 4.69) is 168 Å². The lowest BCUT2D eigenvalue weighted by Gasteiger charge is -2.26. The van der Waals surface area contributed by atoms with Crippen LogP contribution < -0.4 is 25.5 Å². The van der Waals surface area contributed by atoms with Gasteiger partial charge >= 0.3 is 6.85 Å². The number of rotatable bonds is 13. The summed E-state index contributed by atoms with van der Waals surface area (Å²) in [6.07, 6.45) is 8.13. The van der Waals surface area contributed by atoms with Crippen molar-refractivity contribution < 1.29 is 4.74 Å². The van der Waals surface area contributed by atoms with Crippen molar-refractivity contribution in [2.24, 2.45) is 4.90 Å². The van der Waals surface area contributed by atoms with Gasteiger partial charge in [0.1, 0.15) is 5.75 Å². The average Bonchev–Trinajstić information content (AvgIpc) is 3.25. The Balaban J connectivity index is 1.35. The van der Waals surface area contributed by atoms with Gasteiger partial charge in [-0.05, 0) is 109 Å². The highest BCUT2D eigenvalue weighted by Crippen LogP contribution is 2.35. The lowest BCUT2D eigenvalue weighted by atomic mass is 9.51. The zero-order chi connectivity index (χ0) is 37.0. The van der Waals surface area contributed by atoms with Gasteiger partial charge in [-0.25, -0.2) is 0 Å². The number of methoxy groups -OCH3 is 1. The zero-order valence-corrected chi connectivity index (χ0v) is 30.6. The molecule has 7 aromatic rings. The second kappa shape index (κ2) is 17.6. The fourth-order valence-electron chi connectivity index (χ4n) is 6.61. The van der Waals surface area contributed by atoms with Gasteiger partial charge < -0.3 is 19.4 Å². The molecule has 0 saturated carbocycles. The first-order chi connectivity index (χ1) is 26.7. The van der Waals surface area contributed by atoms with Crippen LogP contribution in [0.25, 0.3) is 0 Å². The van der Waals surface area contributed by atoms with Crippen molar-refractivity contribution in [3.63, 3.8) is 0 Å². The molecule has 0 atom stereocenters. The highest BCUT2D eigenvalue weighted by atomic mass is 16.5. The van der Waals surface area contributed by atoms with E-state index in [1.807, 2.05) is 67.6 Å². The van der Waals surface area contributed by atoms with Crippen molar-refractivity contribution >= 4 is 57.6 Å². The Morgan fingerprint density at radius 2 is 0.833 bits per heavy atom.